The van der Waals surface area contributed by atoms with Gasteiger partial charge in [-0.05, 0) is 13.0 Å². The normalized spacial score (nSPS) is 21.5. The Bertz CT molecular complexity index is 250. The van der Waals surface area contributed by atoms with Crippen LogP contribution < -0.4 is 0 Å². The van der Waals surface area contributed by atoms with E-state index in [1.165, 1.54) is 32.1 Å². The van der Waals surface area contributed by atoms with Crippen LogP contribution >= 0.6 is 0 Å². The molecule has 0 aromatic heterocycles. The van der Waals surface area contributed by atoms with Gasteiger partial charge in [0, 0.05) is 13.1 Å². The molecule has 1 fully saturated rings. The second-order valence-electron chi connectivity index (χ2n) is 6.32. The molecule has 0 saturated carbocycles. The molecule has 1 rings (SSSR count). The van der Waals surface area contributed by atoms with E-state index < -0.39 is 0 Å². The third-order valence-electron chi connectivity index (χ3n) is 4.17. The predicted molar refractivity (Wildman–Crippen MR) is 99.3 cm³/mol. The number of rotatable bonds is 6. The molecule has 1 aliphatic heterocycles. The van der Waals surface area contributed by atoms with Gasteiger partial charge in [0.25, 0.3) is 0 Å². The summed E-state index contributed by atoms with van der Waals surface area (Å²) in [7, 11) is 0. The molecular weight excluding hydrogens is 322 g/mol. The summed E-state index contributed by atoms with van der Waals surface area (Å²) in [6, 6.07) is 0. The molecule has 0 N–H and O–H groups in total. The Morgan fingerprint density at radius 1 is 0.520 bits per heavy atom. The highest BCUT2D eigenvalue weighted by atomic mass is 16.6. The Morgan fingerprint density at radius 2 is 0.920 bits per heavy atom. The number of hydrogen-bond donors (Lipinski definition) is 0. The molecule has 0 spiro atoms. The van der Waals surface area contributed by atoms with Crippen LogP contribution in [0.5, 0.6) is 0 Å². The van der Waals surface area contributed by atoms with Gasteiger partial charge in [-0.2, -0.15) is 0 Å². The van der Waals surface area contributed by atoms with Crippen molar-refractivity contribution in [2.45, 2.75) is 39.0 Å². The predicted octanol–water partition coefficient (Wildman–Crippen LogP) is 2.36. The van der Waals surface area contributed by atoms with Crippen molar-refractivity contribution in [2.75, 3.05) is 85.7 Å². The van der Waals surface area contributed by atoms with Gasteiger partial charge in [-0.3, -0.25) is 4.90 Å². The Hall–Kier alpha value is -0.240. The third kappa shape index (κ3) is 15.7. The van der Waals surface area contributed by atoms with Crippen LogP contribution in [-0.2, 0) is 23.7 Å². The Balaban J connectivity index is 2.20. The van der Waals surface area contributed by atoms with E-state index in [0.717, 1.165) is 32.8 Å². The smallest absolute Gasteiger partial charge is 0.0701 e. The van der Waals surface area contributed by atoms with Crippen LogP contribution in [0.1, 0.15) is 39.0 Å². The van der Waals surface area contributed by atoms with Crippen molar-refractivity contribution in [1.82, 2.24) is 4.90 Å². The number of hydrogen-bond acceptors (Lipinski definition) is 6. The summed E-state index contributed by atoms with van der Waals surface area (Å²) in [5.74, 6) is 0. The average molecular weight is 362 g/mol. The maximum atomic E-state index is 5.69. The molecule has 0 amide bonds. The Morgan fingerprint density at radius 3 is 1.36 bits per heavy atom. The van der Waals surface area contributed by atoms with Crippen LogP contribution in [0.25, 0.3) is 0 Å². The summed E-state index contributed by atoms with van der Waals surface area (Å²) >= 11 is 0. The molecule has 0 atom stereocenters. The number of unbranched alkanes of at least 4 members (excludes halogenated alkanes) is 4. The van der Waals surface area contributed by atoms with Crippen molar-refractivity contribution in [2.24, 2.45) is 0 Å². The lowest BCUT2D eigenvalue weighted by molar-refractivity contribution is -0.0186. The second kappa shape index (κ2) is 18.5. The van der Waals surface area contributed by atoms with Crippen molar-refractivity contribution < 1.29 is 23.7 Å². The number of nitrogens with zero attached hydrogens (tertiary/aromatic N) is 1. The average Bonchev–Trinajstić information content (AvgIpc) is 2.62. The molecule has 6 heteroatoms. The molecule has 0 bridgehead atoms. The van der Waals surface area contributed by atoms with Gasteiger partial charge in [0.05, 0.1) is 66.1 Å². The van der Waals surface area contributed by atoms with E-state index in [1.807, 2.05) is 0 Å². The van der Waals surface area contributed by atoms with Crippen molar-refractivity contribution in [3.63, 3.8) is 0 Å². The van der Waals surface area contributed by atoms with Crippen molar-refractivity contribution in [3.8, 4) is 0 Å². The highest BCUT2D eigenvalue weighted by Gasteiger charge is 2.05. The van der Waals surface area contributed by atoms with Crippen LogP contribution in [0.15, 0.2) is 0 Å². The van der Waals surface area contributed by atoms with Crippen molar-refractivity contribution >= 4 is 0 Å². The van der Waals surface area contributed by atoms with Crippen LogP contribution in [-0.4, -0.2) is 90.6 Å². The van der Waals surface area contributed by atoms with Gasteiger partial charge < -0.3 is 23.7 Å². The first kappa shape index (κ1) is 22.8. The quantitative estimate of drug-likeness (QED) is 0.677. The molecule has 1 heterocycles. The van der Waals surface area contributed by atoms with E-state index in [0.29, 0.717) is 52.9 Å². The topological polar surface area (TPSA) is 49.4 Å². The highest BCUT2D eigenvalue weighted by molar-refractivity contribution is 4.58. The fourth-order valence-electron chi connectivity index (χ4n) is 2.64. The second-order valence-corrected chi connectivity index (χ2v) is 6.32. The maximum absolute atomic E-state index is 5.69. The summed E-state index contributed by atoms with van der Waals surface area (Å²) in [5, 5.41) is 0. The lowest BCUT2D eigenvalue weighted by atomic mass is 10.1. The van der Waals surface area contributed by atoms with Crippen LogP contribution in [0.2, 0.25) is 0 Å². The van der Waals surface area contributed by atoms with E-state index in [-0.39, 0.29) is 0 Å². The minimum Gasteiger partial charge on any atom is -0.378 e. The lowest BCUT2D eigenvalue weighted by Crippen LogP contribution is -2.32. The first-order valence-corrected chi connectivity index (χ1v) is 10.0. The van der Waals surface area contributed by atoms with E-state index in [9.17, 15) is 0 Å². The molecule has 1 aliphatic rings. The molecular formula is C19H39NO5. The van der Waals surface area contributed by atoms with Crippen molar-refractivity contribution in [3.05, 3.63) is 0 Å². The molecule has 0 unspecified atom stereocenters. The zero-order chi connectivity index (χ0) is 17.8. The molecule has 0 aliphatic carbocycles. The lowest BCUT2D eigenvalue weighted by Gasteiger charge is -2.22. The SMILES string of the molecule is CCCCCCCN1CCOCCOCCOCCOCCOCC1. The zero-order valence-corrected chi connectivity index (χ0v) is 16.2. The van der Waals surface area contributed by atoms with Gasteiger partial charge in [0.2, 0.25) is 0 Å². The fourth-order valence-corrected chi connectivity index (χ4v) is 2.64. The van der Waals surface area contributed by atoms with Crippen LogP contribution in [0.4, 0.5) is 0 Å². The van der Waals surface area contributed by atoms with Gasteiger partial charge in [-0.25, -0.2) is 0 Å². The summed E-state index contributed by atoms with van der Waals surface area (Å²) in [5.41, 5.74) is 0. The molecule has 25 heavy (non-hydrogen) atoms. The molecule has 150 valence electrons. The van der Waals surface area contributed by atoms with Gasteiger partial charge in [0.15, 0.2) is 0 Å². The van der Waals surface area contributed by atoms with Crippen LogP contribution in [0, 0.1) is 0 Å². The largest absolute Gasteiger partial charge is 0.378 e. The first-order valence-electron chi connectivity index (χ1n) is 10.0. The molecule has 0 radical (unpaired) electrons. The minimum absolute atomic E-state index is 0.603. The summed E-state index contributed by atoms with van der Waals surface area (Å²) in [6.45, 7) is 11.7. The van der Waals surface area contributed by atoms with Gasteiger partial charge in [-0.1, -0.05) is 32.6 Å². The van der Waals surface area contributed by atoms with E-state index >= 15 is 0 Å². The number of ether oxygens (including phenoxy) is 5. The minimum atomic E-state index is 0.603. The molecule has 1 saturated heterocycles. The zero-order valence-electron chi connectivity index (χ0n) is 16.2. The summed E-state index contributed by atoms with van der Waals surface area (Å²) in [6.07, 6.45) is 6.55. The first-order chi connectivity index (χ1) is 12.4. The third-order valence-corrected chi connectivity index (χ3v) is 4.17. The van der Waals surface area contributed by atoms with Crippen LogP contribution in [0.3, 0.4) is 0 Å². The standard InChI is InChI=1S/C19H39NO5/c1-2-3-4-5-6-7-20-8-10-21-12-14-23-16-18-25-19-17-24-15-13-22-11-9-20/h2-19H2,1H3. The molecule has 6 nitrogen and oxygen atoms in total. The maximum Gasteiger partial charge on any atom is 0.0701 e. The molecule has 0 aromatic rings. The highest BCUT2D eigenvalue weighted by Crippen LogP contribution is 2.04. The van der Waals surface area contributed by atoms with E-state index in [2.05, 4.69) is 11.8 Å². The Labute approximate surface area is 154 Å². The van der Waals surface area contributed by atoms with Gasteiger partial charge in [-0.15, -0.1) is 0 Å². The summed E-state index contributed by atoms with van der Waals surface area (Å²) in [4.78, 5) is 2.45. The van der Waals surface area contributed by atoms with Gasteiger partial charge in [0.1, 0.15) is 0 Å². The monoisotopic (exact) mass is 361 g/mol. The molecule has 0 aromatic carbocycles. The fraction of sp³-hybridized carbons (Fsp3) is 1.00. The van der Waals surface area contributed by atoms with E-state index in [1.54, 1.807) is 0 Å². The Kier molecular flexibility index (Phi) is 16.9. The van der Waals surface area contributed by atoms with Crippen molar-refractivity contribution in [1.29, 1.82) is 0 Å². The van der Waals surface area contributed by atoms with E-state index in [4.69, 9.17) is 23.7 Å². The van der Waals surface area contributed by atoms with Gasteiger partial charge >= 0.3 is 0 Å². The summed E-state index contributed by atoms with van der Waals surface area (Å²) < 4.78 is 27.8.